The zero-order valence-corrected chi connectivity index (χ0v) is 12.7. The highest BCUT2D eigenvalue weighted by atomic mass is 35.5. The third-order valence-electron chi connectivity index (χ3n) is 3.67. The lowest BCUT2D eigenvalue weighted by atomic mass is 9.80. The minimum atomic E-state index is -0.195. The molecule has 0 aliphatic carbocycles. The van der Waals surface area contributed by atoms with Crippen LogP contribution >= 0.6 is 23.7 Å². The average Bonchev–Trinajstić information content (AvgIpc) is 3.12. The highest BCUT2D eigenvalue weighted by Crippen LogP contribution is 2.32. The van der Waals surface area contributed by atoms with Gasteiger partial charge in [0.25, 0.3) is 0 Å². The minimum absolute atomic E-state index is 0. The predicted molar refractivity (Wildman–Crippen MR) is 79.5 cm³/mol. The molecule has 0 bridgehead atoms. The summed E-state index contributed by atoms with van der Waals surface area (Å²) in [5.74, 6) is 1.40. The van der Waals surface area contributed by atoms with Crippen LogP contribution in [-0.4, -0.2) is 29.9 Å². The van der Waals surface area contributed by atoms with Crippen LogP contribution in [0.25, 0.3) is 0 Å². The maximum absolute atomic E-state index is 5.93. The fourth-order valence-corrected chi connectivity index (χ4v) is 3.08. The van der Waals surface area contributed by atoms with E-state index in [-0.39, 0.29) is 17.8 Å². The summed E-state index contributed by atoms with van der Waals surface area (Å²) in [5, 5.41) is 6.14. The molecule has 3 rings (SSSR count). The van der Waals surface area contributed by atoms with Crippen LogP contribution in [0.1, 0.15) is 29.4 Å². The Hall–Kier alpha value is -0.950. The van der Waals surface area contributed by atoms with Crippen molar-refractivity contribution in [2.45, 2.75) is 24.7 Å². The number of hydrogen-bond donors (Lipinski definition) is 1. The fraction of sp³-hybridized carbons (Fsp3) is 0.538. The van der Waals surface area contributed by atoms with Crippen molar-refractivity contribution in [2.75, 3.05) is 19.8 Å². The normalized spacial score (nSPS) is 17.6. The Morgan fingerprint density at radius 3 is 2.80 bits per heavy atom. The van der Waals surface area contributed by atoms with Gasteiger partial charge in [-0.25, -0.2) is 0 Å². The molecule has 0 amide bonds. The summed E-state index contributed by atoms with van der Waals surface area (Å²) >= 11 is 1.70. The van der Waals surface area contributed by atoms with Gasteiger partial charge >= 0.3 is 0 Å². The van der Waals surface area contributed by atoms with E-state index in [0.717, 1.165) is 25.1 Å². The second-order valence-corrected chi connectivity index (χ2v) is 5.90. The molecule has 110 valence electrons. The molecule has 1 saturated heterocycles. The molecule has 5 nitrogen and oxygen atoms in total. The van der Waals surface area contributed by atoms with Crippen LogP contribution in [0.5, 0.6) is 0 Å². The number of thiophene rings is 1. The maximum Gasteiger partial charge on any atom is 0.234 e. The molecule has 0 radical (unpaired) electrons. The van der Waals surface area contributed by atoms with E-state index in [0.29, 0.717) is 25.6 Å². The second-order valence-electron chi connectivity index (χ2n) is 4.87. The molecule has 0 aromatic carbocycles. The Balaban J connectivity index is 0.00000147. The smallest absolute Gasteiger partial charge is 0.234 e. The van der Waals surface area contributed by atoms with Gasteiger partial charge in [-0.3, -0.25) is 0 Å². The molecule has 0 atom stereocenters. The van der Waals surface area contributed by atoms with E-state index in [1.807, 2.05) is 6.07 Å². The van der Waals surface area contributed by atoms with E-state index in [4.69, 9.17) is 15.0 Å². The number of rotatable bonds is 4. The molecule has 0 spiro atoms. The highest BCUT2D eigenvalue weighted by Gasteiger charge is 2.38. The average molecular weight is 316 g/mol. The third kappa shape index (κ3) is 3.03. The topological polar surface area (TPSA) is 74.2 Å². The van der Waals surface area contributed by atoms with Crippen molar-refractivity contribution in [1.29, 1.82) is 0 Å². The van der Waals surface area contributed by atoms with Crippen molar-refractivity contribution in [1.82, 2.24) is 10.1 Å². The maximum atomic E-state index is 5.93. The summed E-state index contributed by atoms with van der Waals surface area (Å²) < 4.78 is 10.9. The van der Waals surface area contributed by atoms with Gasteiger partial charge < -0.3 is 15.0 Å². The minimum Gasteiger partial charge on any atom is -0.381 e. The molecule has 1 aliphatic rings. The number of hydrogen-bond acceptors (Lipinski definition) is 6. The van der Waals surface area contributed by atoms with Gasteiger partial charge in [0.05, 0.1) is 5.41 Å². The first-order valence-electron chi connectivity index (χ1n) is 6.46. The highest BCUT2D eigenvalue weighted by molar-refractivity contribution is 7.09. The van der Waals surface area contributed by atoms with Crippen molar-refractivity contribution in [3.05, 3.63) is 34.1 Å². The SMILES string of the molecule is Cl.NCC1(c2nc(Cc3cccs3)no2)CCOCC1. The number of aromatic nitrogens is 2. The third-order valence-corrected chi connectivity index (χ3v) is 4.55. The second kappa shape index (κ2) is 6.67. The van der Waals surface area contributed by atoms with Crippen molar-refractivity contribution < 1.29 is 9.26 Å². The molecule has 1 aliphatic heterocycles. The largest absolute Gasteiger partial charge is 0.381 e. The van der Waals surface area contributed by atoms with Gasteiger partial charge in [-0.05, 0) is 24.3 Å². The summed E-state index contributed by atoms with van der Waals surface area (Å²) in [6.45, 7) is 1.94. The van der Waals surface area contributed by atoms with Gasteiger partial charge in [0.1, 0.15) is 0 Å². The van der Waals surface area contributed by atoms with Gasteiger partial charge in [0.2, 0.25) is 5.89 Å². The van der Waals surface area contributed by atoms with Crippen LogP contribution in [0.2, 0.25) is 0 Å². The summed E-state index contributed by atoms with van der Waals surface area (Å²) in [5.41, 5.74) is 5.74. The van der Waals surface area contributed by atoms with Crippen molar-refractivity contribution in [2.24, 2.45) is 5.73 Å². The molecule has 2 aromatic rings. The first kappa shape index (κ1) is 15.4. The zero-order valence-electron chi connectivity index (χ0n) is 11.1. The number of halogens is 1. The van der Waals surface area contributed by atoms with Gasteiger partial charge in [-0.2, -0.15) is 4.98 Å². The van der Waals surface area contributed by atoms with Crippen molar-refractivity contribution in [3.8, 4) is 0 Å². The number of ether oxygens (including phenoxy) is 1. The molecular weight excluding hydrogens is 298 g/mol. The van der Waals surface area contributed by atoms with Crippen LogP contribution in [-0.2, 0) is 16.6 Å². The Labute approximate surface area is 127 Å². The number of nitrogens with zero attached hydrogens (tertiary/aromatic N) is 2. The molecule has 0 unspecified atom stereocenters. The number of nitrogens with two attached hydrogens (primary N) is 1. The summed E-state index contributed by atoms with van der Waals surface area (Å²) in [6.07, 6.45) is 2.42. The van der Waals surface area contributed by atoms with Gasteiger partial charge in [-0.15, -0.1) is 23.7 Å². The van der Waals surface area contributed by atoms with E-state index in [1.165, 1.54) is 4.88 Å². The van der Waals surface area contributed by atoms with Gasteiger partial charge in [0, 0.05) is 31.1 Å². The predicted octanol–water partition coefficient (Wildman–Crippen LogP) is 2.15. The molecule has 3 heterocycles. The Kier molecular flexibility index (Phi) is 5.15. The van der Waals surface area contributed by atoms with Crippen LogP contribution < -0.4 is 5.73 Å². The molecule has 1 fully saturated rings. The summed E-state index contributed by atoms with van der Waals surface area (Å²) in [6, 6.07) is 4.11. The monoisotopic (exact) mass is 315 g/mol. The van der Waals surface area contributed by atoms with Gasteiger partial charge in [-0.1, -0.05) is 11.2 Å². The van der Waals surface area contributed by atoms with Gasteiger partial charge in [0.15, 0.2) is 5.82 Å². The van der Waals surface area contributed by atoms with Crippen LogP contribution in [0.3, 0.4) is 0 Å². The molecular formula is C13H18ClN3O2S. The van der Waals surface area contributed by atoms with Crippen molar-refractivity contribution >= 4 is 23.7 Å². The molecule has 20 heavy (non-hydrogen) atoms. The van der Waals surface area contributed by atoms with Crippen molar-refractivity contribution in [3.63, 3.8) is 0 Å². The Morgan fingerprint density at radius 2 is 2.15 bits per heavy atom. The van der Waals surface area contributed by atoms with E-state index >= 15 is 0 Å². The first-order chi connectivity index (χ1) is 9.32. The summed E-state index contributed by atoms with van der Waals surface area (Å²) in [4.78, 5) is 5.78. The quantitative estimate of drug-likeness (QED) is 0.935. The molecule has 2 N–H and O–H groups in total. The zero-order chi connectivity index (χ0) is 13.1. The van der Waals surface area contributed by atoms with E-state index in [2.05, 4.69) is 21.6 Å². The Bertz CT molecular complexity index is 523. The van der Waals surface area contributed by atoms with Crippen LogP contribution in [0.15, 0.2) is 22.0 Å². The fourth-order valence-electron chi connectivity index (χ4n) is 2.38. The molecule has 7 heteroatoms. The van der Waals surface area contributed by atoms with E-state index < -0.39 is 0 Å². The van der Waals surface area contributed by atoms with Crippen LogP contribution in [0.4, 0.5) is 0 Å². The molecule has 2 aromatic heterocycles. The standard InChI is InChI=1S/C13H17N3O2S.ClH/c14-9-13(3-5-17-6-4-13)12-15-11(16-18-12)8-10-2-1-7-19-10;/h1-2,7H,3-6,8-9,14H2;1H. The summed E-state index contributed by atoms with van der Waals surface area (Å²) in [7, 11) is 0. The lowest BCUT2D eigenvalue weighted by Crippen LogP contribution is -2.40. The van der Waals surface area contributed by atoms with Crippen LogP contribution in [0, 0.1) is 0 Å². The Morgan fingerprint density at radius 1 is 1.35 bits per heavy atom. The first-order valence-corrected chi connectivity index (χ1v) is 7.34. The van der Waals surface area contributed by atoms with E-state index in [9.17, 15) is 0 Å². The lowest BCUT2D eigenvalue weighted by Gasteiger charge is -2.32. The lowest BCUT2D eigenvalue weighted by molar-refractivity contribution is 0.0409. The van der Waals surface area contributed by atoms with E-state index in [1.54, 1.807) is 11.3 Å². The molecule has 0 saturated carbocycles.